The summed E-state index contributed by atoms with van der Waals surface area (Å²) < 4.78 is 0. The van der Waals surface area contributed by atoms with E-state index in [4.69, 9.17) is 11.6 Å². The molecule has 0 saturated carbocycles. The Labute approximate surface area is 130 Å². The van der Waals surface area contributed by atoms with E-state index in [2.05, 4.69) is 64.0 Å². The van der Waals surface area contributed by atoms with E-state index < -0.39 is 0 Å². The normalized spacial score (nSPS) is 12.5. The molecule has 0 bridgehead atoms. The number of hydrazine groups is 1. The van der Waals surface area contributed by atoms with Gasteiger partial charge in [-0.25, -0.2) is 0 Å². The quantitative estimate of drug-likeness (QED) is 0.436. The van der Waals surface area contributed by atoms with Crippen LogP contribution in [-0.4, -0.2) is 0 Å². The summed E-state index contributed by atoms with van der Waals surface area (Å²) >= 11 is 0. The SMILES string of the molecule is C=C(C)/C=C(\NN)C(C)C.CCC(N)c1ccc(C)cc1. The van der Waals surface area contributed by atoms with Gasteiger partial charge < -0.3 is 11.2 Å². The molecule has 5 N–H and O–H groups in total. The number of nitrogens with one attached hydrogen (secondary N) is 1. The minimum absolute atomic E-state index is 0.204. The molecule has 0 aliphatic rings. The lowest BCUT2D eigenvalue weighted by atomic mass is 10.0. The zero-order valence-electron chi connectivity index (χ0n) is 14.1. The summed E-state index contributed by atoms with van der Waals surface area (Å²) in [6.45, 7) is 14.0. The monoisotopic (exact) mass is 289 g/mol. The van der Waals surface area contributed by atoms with Crippen LogP contribution in [0.2, 0.25) is 0 Å². The van der Waals surface area contributed by atoms with Crippen molar-refractivity contribution in [2.75, 3.05) is 0 Å². The largest absolute Gasteiger partial charge is 0.328 e. The van der Waals surface area contributed by atoms with Gasteiger partial charge in [0, 0.05) is 11.7 Å². The summed E-state index contributed by atoms with van der Waals surface area (Å²) in [5.74, 6) is 5.69. The molecule has 118 valence electrons. The summed E-state index contributed by atoms with van der Waals surface area (Å²) in [4.78, 5) is 0. The van der Waals surface area contributed by atoms with Gasteiger partial charge in [-0.3, -0.25) is 5.84 Å². The van der Waals surface area contributed by atoms with E-state index in [0.717, 1.165) is 17.7 Å². The molecule has 1 atom stereocenters. The zero-order valence-corrected chi connectivity index (χ0v) is 14.1. The molecule has 0 amide bonds. The van der Waals surface area contributed by atoms with Crippen molar-refractivity contribution >= 4 is 0 Å². The Bertz CT molecular complexity index is 444. The van der Waals surface area contributed by atoms with Crippen molar-refractivity contribution in [2.45, 2.75) is 47.1 Å². The molecule has 3 heteroatoms. The minimum atomic E-state index is 0.204. The second kappa shape index (κ2) is 10.2. The van der Waals surface area contributed by atoms with Crippen LogP contribution in [0.25, 0.3) is 0 Å². The van der Waals surface area contributed by atoms with Crippen molar-refractivity contribution in [1.29, 1.82) is 0 Å². The molecule has 0 aliphatic heterocycles. The Hall–Kier alpha value is -1.58. The number of benzene rings is 1. The first-order valence-electron chi connectivity index (χ1n) is 7.47. The minimum Gasteiger partial charge on any atom is -0.328 e. The zero-order chi connectivity index (χ0) is 16.4. The third kappa shape index (κ3) is 8.33. The highest BCUT2D eigenvalue weighted by Crippen LogP contribution is 2.13. The van der Waals surface area contributed by atoms with Gasteiger partial charge >= 0.3 is 0 Å². The maximum atomic E-state index is 5.84. The fourth-order valence-electron chi connectivity index (χ4n) is 1.69. The van der Waals surface area contributed by atoms with Crippen molar-refractivity contribution in [2.24, 2.45) is 17.5 Å². The van der Waals surface area contributed by atoms with Crippen molar-refractivity contribution in [3.8, 4) is 0 Å². The van der Waals surface area contributed by atoms with Crippen LogP contribution in [0.5, 0.6) is 0 Å². The average Bonchev–Trinajstić information content (AvgIpc) is 2.45. The van der Waals surface area contributed by atoms with Crippen LogP contribution in [-0.2, 0) is 0 Å². The van der Waals surface area contributed by atoms with Crippen LogP contribution >= 0.6 is 0 Å². The molecular weight excluding hydrogens is 258 g/mol. The molecule has 0 fully saturated rings. The molecule has 0 heterocycles. The van der Waals surface area contributed by atoms with E-state index in [1.165, 1.54) is 11.1 Å². The maximum Gasteiger partial charge on any atom is 0.0292 e. The second-order valence-electron chi connectivity index (χ2n) is 5.67. The fraction of sp³-hybridized carbons (Fsp3) is 0.444. The summed E-state index contributed by atoms with van der Waals surface area (Å²) in [5, 5.41) is 0. The lowest BCUT2D eigenvalue weighted by molar-refractivity contribution is 0.671. The van der Waals surface area contributed by atoms with Gasteiger partial charge in [-0.2, -0.15) is 0 Å². The van der Waals surface area contributed by atoms with E-state index in [-0.39, 0.29) is 6.04 Å². The van der Waals surface area contributed by atoms with Gasteiger partial charge in [-0.05, 0) is 37.8 Å². The third-order valence-corrected chi connectivity index (χ3v) is 3.14. The number of rotatable bonds is 5. The average molecular weight is 289 g/mol. The molecule has 1 unspecified atom stereocenters. The van der Waals surface area contributed by atoms with E-state index in [1.807, 2.05) is 13.0 Å². The predicted molar refractivity (Wildman–Crippen MR) is 93.5 cm³/mol. The number of hydrogen-bond acceptors (Lipinski definition) is 3. The highest BCUT2D eigenvalue weighted by atomic mass is 15.2. The number of nitrogens with two attached hydrogens (primary N) is 2. The van der Waals surface area contributed by atoms with Crippen LogP contribution in [0.1, 0.15) is 51.3 Å². The van der Waals surface area contributed by atoms with Gasteiger partial charge in [-0.1, -0.05) is 62.8 Å². The summed E-state index contributed by atoms with van der Waals surface area (Å²) in [5.41, 5.74) is 13.0. The summed E-state index contributed by atoms with van der Waals surface area (Å²) in [7, 11) is 0. The van der Waals surface area contributed by atoms with Crippen LogP contribution in [0, 0.1) is 12.8 Å². The Morgan fingerprint density at radius 2 is 1.81 bits per heavy atom. The van der Waals surface area contributed by atoms with Gasteiger partial charge in [0.2, 0.25) is 0 Å². The number of aryl methyl sites for hydroxylation is 1. The Morgan fingerprint density at radius 1 is 1.29 bits per heavy atom. The molecular formula is C18H31N3. The first kappa shape index (κ1) is 19.4. The molecule has 0 aliphatic carbocycles. The summed E-state index contributed by atoms with van der Waals surface area (Å²) in [6, 6.07) is 8.61. The lowest BCUT2D eigenvalue weighted by Crippen LogP contribution is -2.24. The van der Waals surface area contributed by atoms with Gasteiger partial charge in [0.25, 0.3) is 0 Å². The van der Waals surface area contributed by atoms with Crippen LogP contribution in [0.4, 0.5) is 0 Å². The van der Waals surface area contributed by atoms with Crippen molar-refractivity contribution in [1.82, 2.24) is 5.43 Å². The number of hydrogen-bond donors (Lipinski definition) is 3. The van der Waals surface area contributed by atoms with Crippen LogP contribution in [0.3, 0.4) is 0 Å². The Balaban J connectivity index is 0.000000384. The van der Waals surface area contributed by atoms with E-state index in [1.54, 1.807) is 0 Å². The summed E-state index contributed by atoms with van der Waals surface area (Å²) in [6.07, 6.45) is 2.95. The maximum absolute atomic E-state index is 5.84. The smallest absolute Gasteiger partial charge is 0.0292 e. The molecule has 0 spiro atoms. The Kier molecular flexibility index (Phi) is 9.42. The van der Waals surface area contributed by atoms with E-state index in [9.17, 15) is 0 Å². The van der Waals surface area contributed by atoms with Gasteiger partial charge in [-0.15, -0.1) is 0 Å². The Morgan fingerprint density at radius 3 is 2.10 bits per heavy atom. The molecule has 0 aromatic heterocycles. The first-order chi connectivity index (χ1) is 9.81. The van der Waals surface area contributed by atoms with Crippen molar-refractivity contribution in [3.63, 3.8) is 0 Å². The molecule has 1 aromatic carbocycles. The predicted octanol–water partition coefficient (Wildman–Crippen LogP) is 3.97. The van der Waals surface area contributed by atoms with Gasteiger partial charge in [0.1, 0.15) is 0 Å². The molecule has 0 radical (unpaired) electrons. The molecule has 21 heavy (non-hydrogen) atoms. The fourth-order valence-corrected chi connectivity index (χ4v) is 1.69. The van der Waals surface area contributed by atoms with Crippen molar-refractivity contribution < 1.29 is 0 Å². The molecule has 0 saturated heterocycles. The van der Waals surface area contributed by atoms with Gasteiger partial charge in [0.15, 0.2) is 0 Å². The van der Waals surface area contributed by atoms with E-state index in [0.29, 0.717) is 5.92 Å². The third-order valence-electron chi connectivity index (χ3n) is 3.14. The standard InChI is InChI=1S/C10H15N.C8H16N2/c1-3-10(11)9-6-4-8(2)5-7-9;1-6(2)5-8(10-9)7(3)4/h4-7,10H,3,11H2,1-2H3;5,7,10H,1,9H2,2-4H3/b;8-5-. The first-order valence-corrected chi connectivity index (χ1v) is 7.47. The van der Waals surface area contributed by atoms with Crippen molar-refractivity contribution in [3.05, 3.63) is 59.3 Å². The highest BCUT2D eigenvalue weighted by Gasteiger charge is 2.00. The van der Waals surface area contributed by atoms with Gasteiger partial charge in [0.05, 0.1) is 0 Å². The highest BCUT2D eigenvalue weighted by molar-refractivity contribution is 5.23. The van der Waals surface area contributed by atoms with Crippen LogP contribution < -0.4 is 17.0 Å². The molecule has 3 nitrogen and oxygen atoms in total. The lowest BCUT2D eigenvalue weighted by Gasteiger charge is -2.09. The topological polar surface area (TPSA) is 64.1 Å². The molecule has 1 rings (SSSR count). The number of allylic oxidation sites excluding steroid dienone is 3. The second-order valence-corrected chi connectivity index (χ2v) is 5.67. The van der Waals surface area contributed by atoms with E-state index >= 15 is 0 Å². The van der Waals surface area contributed by atoms with Crippen LogP contribution in [0.15, 0.2) is 48.2 Å². The molecule has 1 aromatic rings.